The molecule has 2 unspecified atom stereocenters. The molecule has 298 valence electrons. The molecule has 6 rings (SSSR count). The molecule has 0 aromatic carbocycles. The maximum Gasteiger partial charge on any atom is 0.315 e. The Morgan fingerprint density at radius 2 is 1.43 bits per heavy atom. The monoisotopic (exact) mass is 759 g/mol. The number of fused-ring (bicyclic) bond motifs is 1. The number of piperidine rings is 1. The van der Waals surface area contributed by atoms with Crippen molar-refractivity contribution >= 4 is 39.4 Å². The van der Waals surface area contributed by atoms with E-state index in [0.29, 0.717) is 31.7 Å². The molecule has 0 aromatic heterocycles. The van der Waals surface area contributed by atoms with E-state index in [1.165, 1.54) is 0 Å². The molecule has 6 fully saturated rings. The zero-order valence-corrected chi connectivity index (χ0v) is 33.8. The fraction of sp³-hybridized carbons (Fsp3) is 0.875. The summed E-state index contributed by atoms with van der Waals surface area (Å²) < 4.78 is 26.0. The number of carbonyl (C=O) groups is 5. The molecule has 0 bridgehead atoms. The number of hydrogen-bond acceptors (Lipinski definition) is 7. The minimum absolute atomic E-state index is 0.0147. The van der Waals surface area contributed by atoms with Crippen LogP contribution < -0.4 is 21.3 Å². The molecule has 1 heterocycles. The second-order valence-electron chi connectivity index (χ2n) is 19.5. The molecule has 0 radical (unpaired) electrons. The van der Waals surface area contributed by atoms with E-state index in [0.717, 1.165) is 83.5 Å². The smallest absolute Gasteiger partial charge is 0.315 e. The van der Waals surface area contributed by atoms with Gasteiger partial charge < -0.3 is 26.2 Å². The van der Waals surface area contributed by atoms with E-state index in [2.05, 4.69) is 35.1 Å². The Morgan fingerprint density at radius 3 is 2.00 bits per heavy atom. The first-order chi connectivity index (χ1) is 24.8. The number of ketones is 1. The lowest BCUT2D eigenvalue weighted by atomic mass is 9.70. The zero-order valence-electron chi connectivity index (χ0n) is 33.0. The van der Waals surface area contributed by atoms with Gasteiger partial charge >= 0.3 is 6.03 Å². The maximum atomic E-state index is 15.0. The van der Waals surface area contributed by atoms with Crippen molar-refractivity contribution < 1.29 is 32.4 Å². The van der Waals surface area contributed by atoms with Crippen molar-refractivity contribution in [1.82, 2.24) is 26.2 Å². The van der Waals surface area contributed by atoms with Crippen LogP contribution in [0.3, 0.4) is 0 Å². The molecule has 53 heavy (non-hydrogen) atoms. The Kier molecular flexibility index (Phi) is 11.1. The summed E-state index contributed by atoms with van der Waals surface area (Å²) >= 11 is 0. The minimum atomic E-state index is -3.56. The summed E-state index contributed by atoms with van der Waals surface area (Å²) in [5, 5.41) is 11.9. The lowest BCUT2D eigenvalue weighted by Gasteiger charge is -2.44. The average Bonchev–Trinajstić information content (AvgIpc) is 4.04. The van der Waals surface area contributed by atoms with Gasteiger partial charge in [-0.1, -0.05) is 72.1 Å². The third-order valence-electron chi connectivity index (χ3n) is 13.9. The lowest BCUT2D eigenvalue weighted by Crippen LogP contribution is -2.65. The maximum absolute atomic E-state index is 15.0. The molecule has 0 aromatic rings. The van der Waals surface area contributed by atoms with Crippen LogP contribution in [0.5, 0.6) is 0 Å². The second-order valence-corrected chi connectivity index (χ2v) is 22.3. The summed E-state index contributed by atoms with van der Waals surface area (Å²) in [5.74, 6) is -1.74. The van der Waals surface area contributed by atoms with Gasteiger partial charge in [0, 0.05) is 12.6 Å². The Bertz CT molecular complexity index is 1550. The zero-order chi connectivity index (χ0) is 38.6. The largest absolute Gasteiger partial charge is 0.347 e. The minimum Gasteiger partial charge on any atom is -0.347 e. The molecule has 5 saturated carbocycles. The first-order valence-electron chi connectivity index (χ1n) is 20.5. The number of nitrogens with one attached hydrogen (secondary N) is 4. The number of rotatable bonds is 14. The van der Waals surface area contributed by atoms with Crippen molar-refractivity contribution in [3.63, 3.8) is 0 Å². The Labute approximate surface area is 316 Å². The molecular weight excluding hydrogens is 695 g/mol. The van der Waals surface area contributed by atoms with Gasteiger partial charge in [0.1, 0.15) is 12.1 Å². The third kappa shape index (κ3) is 8.75. The van der Waals surface area contributed by atoms with Crippen molar-refractivity contribution in [2.75, 3.05) is 12.3 Å². The second kappa shape index (κ2) is 14.8. The van der Waals surface area contributed by atoms with Crippen LogP contribution in [0.15, 0.2) is 0 Å². The highest BCUT2D eigenvalue weighted by molar-refractivity contribution is 7.92. The molecule has 1 saturated heterocycles. The normalized spacial score (nSPS) is 28.5. The van der Waals surface area contributed by atoms with Gasteiger partial charge in [0.2, 0.25) is 17.6 Å². The molecular formula is C40H65N5O7S. The Balaban J connectivity index is 1.23. The molecule has 13 heteroatoms. The van der Waals surface area contributed by atoms with Crippen LogP contribution in [-0.4, -0.2) is 89.6 Å². The summed E-state index contributed by atoms with van der Waals surface area (Å²) in [6.07, 6.45) is 12.9. The molecule has 5 atom stereocenters. The van der Waals surface area contributed by atoms with Gasteiger partial charge in [0.05, 0.1) is 22.1 Å². The Hall–Kier alpha value is -2.70. The summed E-state index contributed by atoms with van der Waals surface area (Å²) in [5.41, 5.74) is -1.70. The van der Waals surface area contributed by atoms with Crippen LogP contribution in [-0.2, 0) is 29.0 Å². The number of likely N-dealkylation sites (tertiary alicyclic amines) is 1. The van der Waals surface area contributed by atoms with E-state index in [4.69, 9.17) is 0 Å². The van der Waals surface area contributed by atoms with E-state index in [9.17, 15) is 32.4 Å². The van der Waals surface area contributed by atoms with Crippen LogP contribution in [0.2, 0.25) is 0 Å². The highest BCUT2D eigenvalue weighted by Crippen LogP contribution is 2.65. The van der Waals surface area contributed by atoms with Crippen molar-refractivity contribution in [2.24, 2.45) is 28.6 Å². The SMILES string of the molecule is CC1(C)C2CN(C(=O)[C@@H](NC(=O)NC3(CS(=O)(=O)C(C)(C)C)CCCCC3)C3(C)CCCCC3)[C@H](C(=O)N[C@@H](CCC3CC3)C(=O)C(=O)NC3CC3)C21. The van der Waals surface area contributed by atoms with Gasteiger partial charge in [-0.3, -0.25) is 19.2 Å². The highest BCUT2D eigenvalue weighted by atomic mass is 32.2. The third-order valence-corrected chi connectivity index (χ3v) is 16.7. The molecule has 0 spiro atoms. The number of amides is 5. The molecule has 6 aliphatic rings. The van der Waals surface area contributed by atoms with Crippen LogP contribution in [0, 0.1) is 28.6 Å². The first-order valence-corrected chi connectivity index (χ1v) is 22.2. The number of nitrogens with zero attached hydrogens (tertiary/aromatic N) is 1. The van der Waals surface area contributed by atoms with Gasteiger partial charge in [-0.05, 0) is 101 Å². The summed E-state index contributed by atoms with van der Waals surface area (Å²) in [4.78, 5) is 71.4. The molecule has 1 aliphatic heterocycles. The fourth-order valence-electron chi connectivity index (χ4n) is 9.66. The number of sulfone groups is 1. The summed E-state index contributed by atoms with van der Waals surface area (Å²) in [7, 11) is -3.56. The van der Waals surface area contributed by atoms with Crippen LogP contribution >= 0.6 is 0 Å². The van der Waals surface area contributed by atoms with Crippen LogP contribution in [0.1, 0.15) is 144 Å². The van der Waals surface area contributed by atoms with Gasteiger partial charge in [0.15, 0.2) is 9.84 Å². The van der Waals surface area contributed by atoms with Gasteiger partial charge in [-0.25, -0.2) is 13.2 Å². The van der Waals surface area contributed by atoms with E-state index in [1.807, 2.05) is 6.92 Å². The van der Waals surface area contributed by atoms with E-state index >= 15 is 0 Å². The van der Waals surface area contributed by atoms with Gasteiger partial charge in [-0.15, -0.1) is 0 Å². The Morgan fingerprint density at radius 1 is 0.830 bits per heavy atom. The highest BCUT2D eigenvalue weighted by Gasteiger charge is 2.70. The number of Topliss-reactive ketones (excluding diaryl/α,β-unsaturated/α-hetero) is 1. The predicted octanol–water partition coefficient (Wildman–Crippen LogP) is 4.55. The van der Waals surface area contributed by atoms with Crippen LogP contribution in [0.25, 0.3) is 0 Å². The van der Waals surface area contributed by atoms with E-state index in [1.54, 1.807) is 25.7 Å². The fourth-order valence-corrected chi connectivity index (χ4v) is 11.2. The number of urea groups is 1. The van der Waals surface area contributed by atoms with Crippen molar-refractivity contribution in [3.05, 3.63) is 0 Å². The molecule has 5 aliphatic carbocycles. The summed E-state index contributed by atoms with van der Waals surface area (Å²) in [6.45, 7) is 11.6. The standard InChI is InChI=1S/C40H65N5O7S/c1-37(2,3)53(51,52)24-40(21-11-8-12-22-40)44-36(50)43-32(39(6)19-9-7-10-20-39)35(49)45-23-27-29(38(27,4)5)30(45)33(47)42-28(18-15-25-13-14-25)31(46)34(48)41-26-16-17-26/h25-30,32H,7-24H2,1-6H3,(H,41,48)(H,42,47)(H2,43,44,50)/t27?,28-,29?,30-,32+/m0/s1. The predicted molar refractivity (Wildman–Crippen MR) is 202 cm³/mol. The summed E-state index contributed by atoms with van der Waals surface area (Å²) in [6, 6.07) is -3.28. The molecule has 5 amide bonds. The number of hydrogen-bond donors (Lipinski definition) is 4. The van der Waals surface area contributed by atoms with Crippen molar-refractivity contribution in [1.29, 1.82) is 0 Å². The van der Waals surface area contributed by atoms with Gasteiger partial charge in [0.25, 0.3) is 5.91 Å². The van der Waals surface area contributed by atoms with Crippen LogP contribution in [0.4, 0.5) is 4.79 Å². The molecule has 12 nitrogen and oxygen atoms in total. The van der Waals surface area contributed by atoms with E-state index < -0.39 is 67.3 Å². The average molecular weight is 760 g/mol. The first kappa shape index (κ1) is 40.0. The van der Waals surface area contributed by atoms with Crippen molar-refractivity contribution in [3.8, 4) is 0 Å². The quantitative estimate of drug-likeness (QED) is 0.188. The van der Waals surface area contributed by atoms with Crippen molar-refractivity contribution in [2.45, 2.75) is 179 Å². The van der Waals surface area contributed by atoms with E-state index in [-0.39, 0.29) is 35.0 Å². The molecule has 4 N–H and O–H groups in total. The lowest BCUT2D eigenvalue weighted by molar-refractivity contribution is -0.146. The van der Waals surface area contributed by atoms with Gasteiger partial charge in [-0.2, -0.15) is 0 Å². The topological polar surface area (TPSA) is 171 Å². The number of carbonyl (C=O) groups excluding carboxylic acids is 5.